The molecule has 0 aliphatic carbocycles. The van der Waals surface area contributed by atoms with Crippen molar-refractivity contribution in [2.75, 3.05) is 13.2 Å². The molecule has 0 fully saturated rings. The number of rotatable bonds is 63. The highest BCUT2D eigenvalue weighted by Crippen LogP contribution is 2.20. The Labute approximate surface area is 463 Å². The molecule has 74 heavy (non-hydrogen) atoms. The quantitative estimate of drug-likeness (QED) is 0.0343. The van der Waals surface area contributed by atoms with Gasteiger partial charge in [0.05, 0.1) is 0 Å². The first kappa shape index (κ1) is 72.4. The van der Waals surface area contributed by atoms with Gasteiger partial charge in [-0.2, -0.15) is 0 Å². The Kier molecular flexibility index (Phi) is 60.9. The Morgan fingerprint density at radius 2 is 0.473 bits per heavy atom. The Bertz CT molecular complexity index is 1120. The highest BCUT2D eigenvalue weighted by Gasteiger charge is 2.19. The van der Waals surface area contributed by atoms with Crippen molar-refractivity contribution in [1.82, 2.24) is 0 Å². The van der Waals surface area contributed by atoms with E-state index in [0.29, 0.717) is 19.3 Å². The van der Waals surface area contributed by atoms with Crippen LogP contribution in [0.4, 0.5) is 0 Å². The summed E-state index contributed by atoms with van der Waals surface area (Å²) >= 11 is 0. The second-order valence-corrected chi connectivity index (χ2v) is 23.7. The summed E-state index contributed by atoms with van der Waals surface area (Å²) in [6.07, 6.45) is 71.1. The van der Waals surface area contributed by atoms with Crippen LogP contribution in [0, 0.1) is 5.92 Å². The van der Waals surface area contributed by atoms with Gasteiger partial charge >= 0.3 is 17.9 Å². The van der Waals surface area contributed by atoms with Gasteiger partial charge in [-0.05, 0) is 25.2 Å². The Balaban J connectivity index is 4.25. The van der Waals surface area contributed by atoms with Crippen LogP contribution in [0.5, 0.6) is 0 Å². The molecule has 2 atom stereocenters. The molecule has 0 aromatic heterocycles. The van der Waals surface area contributed by atoms with E-state index >= 15 is 0 Å². The number of unbranched alkanes of at least 4 members (excludes halogenated alkanes) is 49. The van der Waals surface area contributed by atoms with Crippen molar-refractivity contribution in [2.24, 2.45) is 5.92 Å². The van der Waals surface area contributed by atoms with E-state index < -0.39 is 6.10 Å². The zero-order valence-corrected chi connectivity index (χ0v) is 50.8. The summed E-state index contributed by atoms with van der Waals surface area (Å²) in [6.45, 7) is 9.14. The van der Waals surface area contributed by atoms with Gasteiger partial charge in [-0.25, -0.2) is 0 Å². The molecule has 0 aromatic carbocycles. The first-order valence-corrected chi connectivity index (χ1v) is 33.9. The smallest absolute Gasteiger partial charge is 0.306 e. The van der Waals surface area contributed by atoms with E-state index in [2.05, 4.69) is 27.7 Å². The molecule has 0 radical (unpaired) electrons. The SMILES string of the molecule is CCCCCCCCCCCCCCCCCCCCCC(=O)O[C@@H](COC(=O)CCCCCCCCCCCCCCCCC)COC(=O)CCCCCCCCCCCCCCCCCCCCC(C)CC. The van der Waals surface area contributed by atoms with Gasteiger partial charge in [0, 0.05) is 19.3 Å². The number of hydrogen-bond acceptors (Lipinski definition) is 6. The van der Waals surface area contributed by atoms with Crippen LogP contribution in [-0.4, -0.2) is 37.2 Å². The molecular weight excluding hydrogens is 913 g/mol. The predicted octanol–water partition coefficient (Wildman–Crippen LogP) is 22.9. The van der Waals surface area contributed by atoms with Crippen LogP contribution < -0.4 is 0 Å². The van der Waals surface area contributed by atoms with Crippen LogP contribution in [0.15, 0.2) is 0 Å². The molecule has 0 saturated heterocycles. The lowest BCUT2D eigenvalue weighted by Crippen LogP contribution is -2.30. The molecule has 0 N–H and O–H groups in total. The van der Waals surface area contributed by atoms with E-state index in [9.17, 15) is 14.4 Å². The minimum atomic E-state index is -0.763. The van der Waals surface area contributed by atoms with E-state index in [0.717, 1.165) is 63.7 Å². The highest BCUT2D eigenvalue weighted by atomic mass is 16.6. The molecule has 0 heterocycles. The Morgan fingerprint density at radius 3 is 0.703 bits per heavy atom. The minimum absolute atomic E-state index is 0.0608. The monoisotopic (exact) mass is 1050 g/mol. The lowest BCUT2D eigenvalue weighted by atomic mass is 9.99. The van der Waals surface area contributed by atoms with Crippen molar-refractivity contribution in [3.8, 4) is 0 Å². The molecule has 0 rings (SSSR count). The Morgan fingerprint density at radius 1 is 0.270 bits per heavy atom. The van der Waals surface area contributed by atoms with Gasteiger partial charge in [-0.15, -0.1) is 0 Å². The molecule has 0 bridgehead atoms. The van der Waals surface area contributed by atoms with Crippen LogP contribution in [0.3, 0.4) is 0 Å². The molecular formula is C68H132O6. The lowest BCUT2D eigenvalue weighted by molar-refractivity contribution is -0.167. The average molecular weight is 1050 g/mol. The van der Waals surface area contributed by atoms with Crippen molar-refractivity contribution in [2.45, 2.75) is 400 Å². The van der Waals surface area contributed by atoms with Crippen molar-refractivity contribution in [3.63, 3.8) is 0 Å². The van der Waals surface area contributed by atoms with Crippen LogP contribution in [0.2, 0.25) is 0 Å². The number of ether oxygens (including phenoxy) is 3. The molecule has 6 nitrogen and oxygen atoms in total. The van der Waals surface area contributed by atoms with Gasteiger partial charge in [0.25, 0.3) is 0 Å². The molecule has 6 heteroatoms. The molecule has 0 aromatic rings. The standard InChI is InChI=1S/C68H132O6/c1-5-8-10-12-14-16-18-20-22-23-24-29-33-37-41-45-49-53-57-61-68(71)74-65(62-72-66(69)59-55-51-47-43-39-35-30-21-19-17-15-13-11-9-6-2)63-73-67(70)60-56-52-48-44-40-36-32-28-26-25-27-31-34-38-42-46-50-54-58-64(4)7-3/h64-65H,5-63H2,1-4H3/t64?,65-/m0/s1. The summed E-state index contributed by atoms with van der Waals surface area (Å²) < 4.78 is 17.0. The lowest BCUT2D eigenvalue weighted by Gasteiger charge is -2.18. The fourth-order valence-electron chi connectivity index (χ4n) is 10.7. The largest absolute Gasteiger partial charge is 0.462 e. The second-order valence-electron chi connectivity index (χ2n) is 23.7. The summed E-state index contributed by atoms with van der Waals surface area (Å²) in [7, 11) is 0. The molecule has 0 saturated carbocycles. The molecule has 0 aliphatic rings. The maximum absolute atomic E-state index is 12.9. The molecule has 440 valence electrons. The first-order chi connectivity index (χ1) is 36.4. The Hall–Kier alpha value is -1.59. The fourth-order valence-corrected chi connectivity index (χ4v) is 10.7. The third kappa shape index (κ3) is 59.7. The summed E-state index contributed by atoms with van der Waals surface area (Å²) in [5.41, 5.74) is 0. The topological polar surface area (TPSA) is 78.9 Å². The second kappa shape index (κ2) is 62.3. The maximum Gasteiger partial charge on any atom is 0.306 e. The minimum Gasteiger partial charge on any atom is -0.462 e. The van der Waals surface area contributed by atoms with Crippen LogP contribution >= 0.6 is 0 Å². The third-order valence-electron chi connectivity index (χ3n) is 16.2. The van der Waals surface area contributed by atoms with Gasteiger partial charge in [0.15, 0.2) is 6.10 Å². The molecule has 0 aliphatic heterocycles. The van der Waals surface area contributed by atoms with Crippen molar-refractivity contribution in [1.29, 1.82) is 0 Å². The zero-order chi connectivity index (χ0) is 53.7. The normalized spacial score (nSPS) is 12.3. The van der Waals surface area contributed by atoms with Crippen molar-refractivity contribution < 1.29 is 28.6 Å². The van der Waals surface area contributed by atoms with Gasteiger partial charge < -0.3 is 14.2 Å². The van der Waals surface area contributed by atoms with Crippen molar-refractivity contribution in [3.05, 3.63) is 0 Å². The first-order valence-electron chi connectivity index (χ1n) is 33.9. The van der Waals surface area contributed by atoms with E-state index in [1.165, 1.54) is 289 Å². The van der Waals surface area contributed by atoms with E-state index in [1.807, 2.05) is 0 Å². The molecule has 1 unspecified atom stereocenters. The van der Waals surface area contributed by atoms with Gasteiger partial charge in [0.2, 0.25) is 0 Å². The van der Waals surface area contributed by atoms with Crippen LogP contribution in [0.1, 0.15) is 394 Å². The summed E-state index contributed by atoms with van der Waals surface area (Å²) in [4.78, 5) is 38.4. The van der Waals surface area contributed by atoms with Gasteiger partial charge in [-0.1, -0.05) is 355 Å². The number of hydrogen-bond donors (Lipinski definition) is 0. The predicted molar refractivity (Wildman–Crippen MR) is 321 cm³/mol. The van der Waals surface area contributed by atoms with Gasteiger partial charge in [0.1, 0.15) is 13.2 Å². The number of carbonyl (C=O) groups excluding carboxylic acids is 3. The average Bonchev–Trinajstić information content (AvgIpc) is 3.40. The van der Waals surface area contributed by atoms with Crippen LogP contribution in [0.25, 0.3) is 0 Å². The highest BCUT2D eigenvalue weighted by molar-refractivity contribution is 5.71. The van der Waals surface area contributed by atoms with Gasteiger partial charge in [-0.3, -0.25) is 14.4 Å². The number of carbonyl (C=O) groups is 3. The molecule has 0 spiro atoms. The van der Waals surface area contributed by atoms with E-state index in [4.69, 9.17) is 14.2 Å². The zero-order valence-electron chi connectivity index (χ0n) is 50.8. The summed E-state index contributed by atoms with van der Waals surface area (Å²) in [5, 5.41) is 0. The van der Waals surface area contributed by atoms with Crippen LogP contribution in [-0.2, 0) is 28.6 Å². The summed E-state index contributed by atoms with van der Waals surface area (Å²) in [5.74, 6) is 0.0870. The van der Waals surface area contributed by atoms with Crippen molar-refractivity contribution >= 4 is 17.9 Å². The van der Waals surface area contributed by atoms with E-state index in [-0.39, 0.29) is 31.1 Å². The fraction of sp³-hybridized carbons (Fsp3) is 0.956. The third-order valence-corrected chi connectivity index (χ3v) is 16.2. The summed E-state index contributed by atoms with van der Waals surface area (Å²) in [6, 6.07) is 0. The van der Waals surface area contributed by atoms with E-state index in [1.54, 1.807) is 0 Å². The maximum atomic E-state index is 12.9. The molecule has 0 amide bonds. The number of esters is 3.